The molecule has 33 heavy (non-hydrogen) atoms. The topological polar surface area (TPSA) is 128 Å². The van der Waals surface area contributed by atoms with E-state index >= 15 is 0 Å². The van der Waals surface area contributed by atoms with E-state index in [1.54, 1.807) is 55.5 Å². The highest BCUT2D eigenvalue weighted by Crippen LogP contribution is 2.29. The molecule has 1 unspecified atom stereocenters. The highest BCUT2D eigenvalue weighted by atomic mass is 16.4. The van der Waals surface area contributed by atoms with Gasteiger partial charge in [-0.3, -0.25) is 14.5 Å². The van der Waals surface area contributed by atoms with E-state index in [-0.39, 0.29) is 24.8 Å². The summed E-state index contributed by atoms with van der Waals surface area (Å²) in [6.07, 6.45) is 0.689. The van der Waals surface area contributed by atoms with E-state index in [9.17, 15) is 24.3 Å². The number of fused-ring (bicyclic) bond motifs is 1. The summed E-state index contributed by atoms with van der Waals surface area (Å²) in [4.78, 5) is 51.3. The number of carbonyl (C=O) groups is 4. The molecule has 0 aliphatic carbocycles. The van der Waals surface area contributed by atoms with E-state index in [0.717, 1.165) is 5.56 Å². The second kappa shape index (κ2) is 10.6. The second-order valence-corrected chi connectivity index (χ2v) is 8.05. The number of carboxylic acids is 1. The van der Waals surface area contributed by atoms with Crippen molar-refractivity contribution in [2.45, 2.75) is 38.8 Å². The van der Waals surface area contributed by atoms with E-state index in [4.69, 9.17) is 0 Å². The van der Waals surface area contributed by atoms with Crippen molar-refractivity contribution in [3.8, 4) is 0 Å². The van der Waals surface area contributed by atoms with Crippen LogP contribution in [0.5, 0.6) is 0 Å². The van der Waals surface area contributed by atoms with Crippen molar-refractivity contribution in [3.05, 3.63) is 60.2 Å². The van der Waals surface area contributed by atoms with Crippen molar-refractivity contribution >= 4 is 35.2 Å². The average molecular weight is 453 g/mol. The Labute approximate surface area is 192 Å². The number of urea groups is 1. The predicted octanol–water partition coefficient (Wildman–Crippen LogP) is 2.38. The summed E-state index contributed by atoms with van der Waals surface area (Å²) in [6, 6.07) is 13.1. The van der Waals surface area contributed by atoms with Crippen LogP contribution in [-0.4, -0.2) is 47.5 Å². The number of rotatable bonds is 8. The Morgan fingerprint density at radius 3 is 2.39 bits per heavy atom. The van der Waals surface area contributed by atoms with Gasteiger partial charge >= 0.3 is 12.0 Å². The summed E-state index contributed by atoms with van der Waals surface area (Å²) >= 11 is 0. The van der Waals surface area contributed by atoms with Gasteiger partial charge in [-0.15, -0.1) is 0 Å². The minimum atomic E-state index is -1.16. The maximum absolute atomic E-state index is 13.1. The van der Waals surface area contributed by atoms with Gasteiger partial charge in [-0.25, -0.2) is 9.59 Å². The van der Waals surface area contributed by atoms with Crippen molar-refractivity contribution in [1.82, 2.24) is 10.6 Å². The molecule has 1 aliphatic heterocycles. The first-order valence-electron chi connectivity index (χ1n) is 10.8. The summed E-state index contributed by atoms with van der Waals surface area (Å²) in [5.74, 6) is -2.37. The Morgan fingerprint density at radius 2 is 1.73 bits per heavy atom. The SMILES string of the molecule is CCC(C)[C@H](NC(=O)N1CC(=O)Nc2ccccc21)C(=O)N[C@H](Cc1ccccc1)C(=O)O. The zero-order valence-corrected chi connectivity index (χ0v) is 18.6. The number of anilines is 2. The molecule has 0 radical (unpaired) electrons. The Hall–Kier alpha value is -3.88. The van der Waals surface area contributed by atoms with Crippen LogP contribution in [0.3, 0.4) is 0 Å². The van der Waals surface area contributed by atoms with E-state index < -0.39 is 30.0 Å². The van der Waals surface area contributed by atoms with Gasteiger partial charge in [0, 0.05) is 6.42 Å². The molecule has 0 aromatic heterocycles. The third-order valence-corrected chi connectivity index (χ3v) is 5.69. The molecular weight excluding hydrogens is 424 g/mol. The van der Waals surface area contributed by atoms with E-state index in [2.05, 4.69) is 16.0 Å². The highest BCUT2D eigenvalue weighted by molar-refractivity contribution is 6.10. The third kappa shape index (κ3) is 5.88. The maximum atomic E-state index is 13.1. The number of nitrogens with zero attached hydrogens (tertiary/aromatic N) is 1. The Kier molecular flexibility index (Phi) is 7.66. The number of carboxylic acid groups (broad SMARTS) is 1. The summed E-state index contributed by atoms with van der Waals surface area (Å²) < 4.78 is 0. The first-order valence-corrected chi connectivity index (χ1v) is 10.8. The lowest BCUT2D eigenvalue weighted by Crippen LogP contribution is -2.58. The van der Waals surface area contributed by atoms with Crippen LogP contribution in [0, 0.1) is 5.92 Å². The molecule has 9 nitrogen and oxygen atoms in total. The van der Waals surface area contributed by atoms with Gasteiger partial charge in [-0.05, 0) is 23.6 Å². The lowest BCUT2D eigenvalue weighted by Gasteiger charge is -2.32. The normalized spacial score (nSPS) is 15.5. The zero-order chi connectivity index (χ0) is 24.0. The molecule has 9 heteroatoms. The number of hydrogen-bond acceptors (Lipinski definition) is 4. The fraction of sp³-hybridized carbons (Fsp3) is 0.333. The van der Waals surface area contributed by atoms with Crippen molar-refractivity contribution in [2.75, 3.05) is 16.8 Å². The van der Waals surface area contributed by atoms with Gasteiger partial charge in [-0.2, -0.15) is 0 Å². The van der Waals surface area contributed by atoms with E-state index in [1.807, 2.05) is 13.0 Å². The third-order valence-electron chi connectivity index (χ3n) is 5.69. The quantitative estimate of drug-likeness (QED) is 0.489. The molecule has 3 atom stereocenters. The van der Waals surface area contributed by atoms with Crippen molar-refractivity contribution < 1.29 is 24.3 Å². The van der Waals surface area contributed by atoms with Crippen LogP contribution in [0.1, 0.15) is 25.8 Å². The fourth-order valence-corrected chi connectivity index (χ4v) is 3.64. The molecule has 3 rings (SSSR count). The monoisotopic (exact) mass is 452 g/mol. The molecule has 174 valence electrons. The van der Waals surface area contributed by atoms with Crippen LogP contribution in [0.4, 0.5) is 16.2 Å². The summed E-state index contributed by atoms with van der Waals surface area (Å²) in [5.41, 5.74) is 1.79. The number of para-hydroxylation sites is 2. The number of carbonyl (C=O) groups excluding carboxylic acids is 3. The second-order valence-electron chi connectivity index (χ2n) is 8.05. The lowest BCUT2D eigenvalue weighted by molar-refractivity contribution is -0.142. The van der Waals surface area contributed by atoms with Gasteiger partial charge in [0.15, 0.2) is 0 Å². The minimum absolute atomic E-state index is 0.114. The van der Waals surface area contributed by atoms with E-state index in [1.165, 1.54) is 4.90 Å². The molecule has 2 aromatic carbocycles. The maximum Gasteiger partial charge on any atom is 0.326 e. The average Bonchev–Trinajstić information content (AvgIpc) is 2.81. The highest BCUT2D eigenvalue weighted by Gasteiger charge is 2.33. The molecule has 1 heterocycles. The number of hydrogen-bond donors (Lipinski definition) is 4. The lowest BCUT2D eigenvalue weighted by atomic mass is 9.97. The fourth-order valence-electron chi connectivity index (χ4n) is 3.64. The zero-order valence-electron chi connectivity index (χ0n) is 18.6. The molecule has 0 saturated heterocycles. The minimum Gasteiger partial charge on any atom is -0.480 e. The van der Waals surface area contributed by atoms with Gasteiger partial charge in [-0.1, -0.05) is 62.7 Å². The number of amides is 4. The molecule has 2 aromatic rings. The summed E-state index contributed by atoms with van der Waals surface area (Å²) in [5, 5.41) is 17.6. The Bertz CT molecular complexity index is 1030. The standard InChI is InChI=1S/C24H28N4O5/c1-3-15(2)21(22(30)26-18(23(31)32)13-16-9-5-4-6-10-16)27-24(33)28-14-20(29)25-17-11-7-8-12-19(17)28/h4-12,15,18,21H,3,13-14H2,1-2H3,(H,25,29)(H,26,30)(H,27,33)(H,31,32)/t15?,18-,21+/m1/s1. The molecule has 0 fully saturated rings. The molecule has 4 N–H and O–H groups in total. The van der Waals surface area contributed by atoms with Crippen molar-refractivity contribution in [3.63, 3.8) is 0 Å². The Morgan fingerprint density at radius 1 is 1.06 bits per heavy atom. The van der Waals surface area contributed by atoms with Crippen LogP contribution in [0.2, 0.25) is 0 Å². The molecule has 0 bridgehead atoms. The predicted molar refractivity (Wildman–Crippen MR) is 124 cm³/mol. The van der Waals surface area contributed by atoms with Crippen LogP contribution in [0.15, 0.2) is 54.6 Å². The molecular formula is C24H28N4O5. The molecule has 4 amide bonds. The molecule has 0 spiro atoms. The van der Waals surface area contributed by atoms with Crippen molar-refractivity contribution in [2.24, 2.45) is 5.92 Å². The molecule has 1 aliphatic rings. The number of nitrogens with one attached hydrogen (secondary N) is 3. The van der Waals surface area contributed by atoms with Gasteiger partial charge in [0.05, 0.1) is 11.4 Å². The van der Waals surface area contributed by atoms with Crippen LogP contribution >= 0.6 is 0 Å². The van der Waals surface area contributed by atoms with Crippen LogP contribution in [0.25, 0.3) is 0 Å². The summed E-state index contributed by atoms with van der Waals surface area (Å²) in [7, 11) is 0. The first-order chi connectivity index (χ1) is 15.8. The van der Waals surface area contributed by atoms with Crippen LogP contribution < -0.4 is 20.9 Å². The van der Waals surface area contributed by atoms with Gasteiger partial charge in [0.1, 0.15) is 18.6 Å². The van der Waals surface area contributed by atoms with Gasteiger partial charge in [0.25, 0.3) is 0 Å². The molecule has 0 saturated carbocycles. The van der Waals surface area contributed by atoms with Gasteiger partial charge < -0.3 is 21.1 Å². The largest absolute Gasteiger partial charge is 0.480 e. The van der Waals surface area contributed by atoms with E-state index in [0.29, 0.717) is 17.8 Å². The van der Waals surface area contributed by atoms with Crippen molar-refractivity contribution in [1.29, 1.82) is 0 Å². The smallest absolute Gasteiger partial charge is 0.326 e. The number of aliphatic carboxylic acids is 1. The summed E-state index contributed by atoms with van der Waals surface area (Å²) in [6.45, 7) is 3.48. The Balaban J connectivity index is 1.76. The number of benzene rings is 2. The first kappa shape index (κ1) is 23.8. The van der Waals surface area contributed by atoms with Gasteiger partial charge in [0.2, 0.25) is 11.8 Å². The van der Waals surface area contributed by atoms with Crippen LogP contribution in [-0.2, 0) is 20.8 Å².